The van der Waals surface area contributed by atoms with Crippen LogP contribution in [0.1, 0.15) is 35.6 Å². The number of amides is 1. The lowest BCUT2D eigenvalue weighted by atomic mass is 9.92. The zero-order valence-corrected chi connectivity index (χ0v) is 17.9. The van der Waals surface area contributed by atoms with Gasteiger partial charge in [-0.05, 0) is 49.1 Å². The fourth-order valence-electron chi connectivity index (χ4n) is 4.64. The SMILES string of the molecule is Cc1ccccc1C1/C(=C(\O)c2ccc3c(c2)OCCO3)C(=O)C(=O)N1CC1CCCO1. The zero-order chi connectivity index (χ0) is 22.2. The third kappa shape index (κ3) is 3.52. The number of aliphatic hydroxyl groups excluding tert-OH is 1. The van der Waals surface area contributed by atoms with E-state index in [1.807, 2.05) is 31.2 Å². The number of aryl methyl sites for hydroxylation is 1. The average Bonchev–Trinajstić information content (AvgIpc) is 3.41. The number of Topliss-reactive ketones (excluding diaryl/α,β-unsaturated/α-hetero) is 1. The molecule has 2 aromatic rings. The van der Waals surface area contributed by atoms with E-state index in [2.05, 4.69) is 0 Å². The number of rotatable bonds is 4. The van der Waals surface area contributed by atoms with E-state index in [-0.39, 0.29) is 17.4 Å². The predicted octanol–water partition coefficient (Wildman–Crippen LogP) is 3.37. The summed E-state index contributed by atoms with van der Waals surface area (Å²) in [5.74, 6) is -0.441. The fourth-order valence-corrected chi connectivity index (χ4v) is 4.64. The van der Waals surface area contributed by atoms with Crippen molar-refractivity contribution in [1.29, 1.82) is 0 Å². The smallest absolute Gasteiger partial charge is 0.295 e. The molecule has 7 heteroatoms. The van der Waals surface area contributed by atoms with Crippen LogP contribution in [0.15, 0.2) is 48.0 Å². The van der Waals surface area contributed by atoms with Gasteiger partial charge in [-0.25, -0.2) is 0 Å². The van der Waals surface area contributed by atoms with Crippen LogP contribution >= 0.6 is 0 Å². The highest BCUT2D eigenvalue weighted by Gasteiger charge is 2.47. The average molecular weight is 435 g/mol. The minimum Gasteiger partial charge on any atom is -0.507 e. The maximum Gasteiger partial charge on any atom is 0.295 e. The topological polar surface area (TPSA) is 85.3 Å². The molecule has 0 radical (unpaired) electrons. The van der Waals surface area contributed by atoms with E-state index in [9.17, 15) is 14.7 Å². The first-order chi connectivity index (χ1) is 15.5. The summed E-state index contributed by atoms with van der Waals surface area (Å²) in [5.41, 5.74) is 2.23. The first-order valence-electron chi connectivity index (χ1n) is 10.9. The van der Waals surface area contributed by atoms with E-state index in [4.69, 9.17) is 14.2 Å². The van der Waals surface area contributed by atoms with Crippen LogP contribution in [0.4, 0.5) is 0 Å². The van der Waals surface area contributed by atoms with E-state index < -0.39 is 17.7 Å². The summed E-state index contributed by atoms with van der Waals surface area (Å²) >= 11 is 0. The number of ether oxygens (including phenoxy) is 3. The van der Waals surface area contributed by atoms with Gasteiger partial charge in [0, 0.05) is 18.7 Å². The second-order valence-electron chi connectivity index (χ2n) is 8.30. The number of hydrogen-bond donors (Lipinski definition) is 1. The van der Waals surface area contributed by atoms with Gasteiger partial charge < -0.3 is 24.2 Å². The van der Waals surface area contributed by atoms with E-state index in [1.165, 1.54) is 0 Å². The number of carbonyl (C=O) groups is 2. The molecule has 2 atom stereocenters. The highest BCUT2D eigenvalue weighted by atomic mass is 16.6. The van der Waals surface area contributed by atoms with Crippen LogP contribution in [0.3, 0.4) is 0 Å². The van der Waals surface area contributed by atoms with Gasteiger partial charge in [0.15, 0.2) is 11.5 Å². The third-order valence-electron chi connectivity index (χ3n) is 6.26. The van der Waals surface area contributed by atoms with Gasteiger partial charge in [-0.1, -0.05) is 24.3 Å². The molecule has 2 unspecified atom stereocenters. The van der Waals surface area contributed by atoms with Crippen molar-refractivity contribution in [3.63, 3.8) is 0 Å². The van der Waals surface area contributed by atoms with Crippen LogP contribution in [0.5, 0.6) is 11.5 Å². The molecule has 0 spiro atoms. The molecule has 166 valence electrons. The second kappa shape index (κ2) is 8.31. The summed E-state index contributed by atoms with van der Waals surface area (Å²) in [4.78, 5) is 27.8. The van der Waals surface area contributed by atoms with Crippen molar-refractivity contribution in [3.05, 3.63) is 64.7 Å². The van der Waals surface area contributed by atoms with Gasteiger partial charge in [-0.2, -0.15) is 0 Å². The molecule has 0 aliphatic carbocycles. The van der Waals surface area contributed by atoms with Gasteiger partial charge in [0.25, 0.3) is 11.7 Å². The Kier molecular flexibility index (Phi) is 5.35. The molecule has 2 fully saturated rings. The lowest BCUT2D eigenvalue weighted by molar-refractivity contribution is -0.140. The first-order valence-corrected chi connectivity index (χ1v) is 10.9. The third-order valence-corrected chi connectivity index (χ3v) is 6.26. The maximum atomic E-state index is 13.2. The number of hydrogen-bond acceptors (Lipinski definition) is 6. The zero-order valence-electron chi connectivity index (χ0n) is 17.9. The number of benzene rings is 2. The Bertz CT molecular complexity index is 1100. The molecule has 3 aliphatic heterocycles. The van der Waals surface area contributed by atoms with Crippen LogP contribution in [-0.4, -0.2) is 54.2 Å². The summed E-state index contributed by atoms with van der Waals surface area (Å²) in [6, 6.07) is 11.9. The molecule has 3 heterocycles. The highest BCUT2D eigenvalue weighted by Crippen LogP contribution is 2.42. The molecule has 0 aromatic heterocycles. The molecule has 0 bridgehead atoms. The van der Waals surface area contributed by atoms with Crippen LogP contribution in [0, 0.1) is 6.92 Å². The predicted molar refractivity (Wildman–Crippen MR) is 117 cm³/mol. The normalized spacial score (nSPS) is 24.2. The Hall–Kier alpha value is -3.32. The second-order valence-corrected chi connectivity index (χ2v) is 8.30. The van der Waals surface area contributed by atoms with Crippen LogP contribution in [0.25, 0.3) is 5.76 Å². The van der Waals surface area contributed by atoms with Gasteiger partial charge in [-0.3, -0.25) is 9.59 Å². The number of nitrogens with zero attached hydrogens (tertiary/aromatic N) is 1. The quantitative estimate of drug-likeness (QED) is 0.450. The van der Waals surface area contributed by atoms with Crippen molar-refractivity contribution < 1.29 is 28.9 Å². The number of aliphatic hydroxyl groups is 1. The Balaban J connectivity index is 1.62. The van der Waals surface area contributed by atoms with Crippen molar-refractivity contribution in [2.75, 3.05) is 26.4 Å². The molecule has 1 N–H and O–H groups in total. The van der Waals surface area contributed by atoms with Gasteiger partial charge in [0.05, 0.1) is 17.7 Å². The van der Waals surface area contributed by atoms with Crippen LogP contribution < -0.4 is 9.47 Å². The number of fused-ring (bicyclic) bond motifs is 1. The lowest BCUT2D eigenvalue weighted by Crippen LogP contribution is -2.36. The van der Waals surface area contributed by atoms with Gasteiger partial charge >= 0.3 is 0 Å². The van der Waals surface area contributed by atoms with Crippen LogP contribution in [-0.2, 0) is 14.3 Å². The van der Waals surface area contributed by atoms with E-state index in [1.54, 1.807) is 23.1 Å². The monoisotopic (exact) mass is 435 g/mol. The summed E-state index contributed by atoms with van der Waals surface area (Å²) in [5, 5.41) is 11.3. The van der Waals surface area contributed by atoms with Crippen molar-refractivity contribution in [2.45, 2.75) is 31.9 Å². The molecule has 7 nitrogen and oxygen atoms in total. The molecule has 2 aromatic carbocycles. The number of likely N-dealkylation sites (tertiary alicyclic amines) is 1. The Morgan fingerprint density at radius 2 is 1.84 bits per heavy atom. The van der Waals surface area contributed by atoms with E-state index in [0.29, 0.717) is 43.4 Å². The highest BCUT2D eigenvalue weighted by molar-refractivity contribution is 6.46. The Morgan fingerprint density at radius 1 is 1.06 bits per heavy atom. The Morgan fingerprint density at radius 3 is 2.59 bits per heavy atom. The molecule has 2 saturated heterocycles. The van der Waals surface area contributed by atoms with Crippen molar-refractivity contribution >= 4 is 17.4 Å². The molecular formula is C25H25NO6. The summed E-state index contributed by atoms with van der Waals surface area (Å²) < 4.78 is 16.9. The summed E-state index contributed by atoms with van der Waals surface area (Å²) in [6.45, 7) is 3.76. The largest absolute Gasteiger partial charge is 0.507 e. The van der Waals surface area contributed by atoms with E-state index in [0.717, 1.165) is 24.0 Å². The summed E-state index contributed by atoms with van der Waals surface area (Å²) in [7, 11) is 0. The van der Waals surface area contributed by atoms with Gasteiger partial charge in [0.2, 0.25) is 0 Å². The minimum absolute atomic E-state index is 0.0824. The number of carbonyl (C=O) groups excluding carboxylic acids is 2. The summed E-state index contributed by atoms with van der Waals surface area (Å²) in [6.07, 6.45) is 1.65. The Labute approximate surface area is 186 Å². The molecule has 1 amide bonds. The van der Waals surface area contributed by atoms with Gasteiger partial charge in [0.1, 0.15) is 19.0 Å². The van der Waals surface area contributed by atoms with Crippen LogP contribution in [0.2, 0.25) is 0 Å². The van der Waals surface area contributed by atoms with Crippen molar-refractivity contribution in [3.8, 4) is 11.5 Å². The lowest BCUT2D eigenvalue weighted by Gasteiger charge is -2.28. The molecule has 0 saturated carbocycles. The molecule has 5 rings (SSSR count). The van der Waals surface area contributed by atoms with Crippen molar-refractivity contribution in [2.24, 2.45) is 0 Å². The minimum atomic E-state index is -0.691. The molecule has 3 aliphatic rings. The number of ketones is 1. The maximum absolute atomic E-state index is 13.2. The molecule has 32 heavy (non-hydrogen) atoms. The fraction of sp³-hybridized carbons (Fsp3) is 0.360. The van der Waals surface area contributed by atoms with Gasteiger partial charge in [-0.15, -0.1) is 0 Å². The standard InChI is InChI=1S/C25H25NO6/c1-15-5-2-3-7-18(15)22-21(24(28)25(29)26(22)14-17-6-4-10-30-17)23(27)16-8-9-19-20(13-16)32-12-11-31-19/h2-3,5,7-9,13,17,22,27H,4,6,10-12,14H2,1H3/b23-21+. The van der Waals surface area contributed by atoms with E-state index >= 15 is 0 Å². The van der Waals surface area contributed by atoms with Crippen molar-refractivity contribution in [1.82, 2.24) is 4.90 Å². The first kappa shape index (κ1) is 20.6. The molecular weight excluding hydrogens is 410 g/mol.